The lowest BCUT2D eigenvalue weighted by atomic mass is 10.2. The molecule has 0 amide bonds. The zero-order chi connectivity index (χ0) is 20.2. The van der Waals surface area contributed by atoms with Crippen LogP contribution in [-0.4, -0.2) is 48.8 Å². The van der Waals surface area contributed by atoms with E-state index in [1.54, 1.807) is 13.2 Å². The maximum absolute atomic E-state index is 11.4. The Labute approximate surface area is 175 Å². The van der Waals surface area contributed by atoms with Crippen LogP contribution in [0.2, 0.25) is 0 Å². The normalized spacial score (nSPS) is 16.3. The third kappa shape index (κ3) is 4.57. The number of benzene rings is 2. The molecule has 0 bridgehead atoms. The lowest BCUT2D eigenvalue weighted by Crippen LogP contribution is -2.44. The predicted octanol–water partition coefficient (Wildman–Crippen LogP) is 3.04. The van der Waals surface area contributed by atoms with Crippen molar-refractivity contribution in [3.63, 3.8) is 0 Å². The Morgan fingerprint density at radius 3 is 2.97 bits per heavy atom. The molecule has 8 nitrogen and oxygen atoms in total. The second-order valence-electron chi connectivity index (χ2n) is 6.43. The fourth-order valence-electron chi connectivity index (χ4n) is 3.02. The van der Waals surface area contributed by atoms with Crippen molar-refractivity contribution in [1.82, 2.24) is 15.3 Å². The van der Waals surface area contributed by atoms with Crippen molar-refractivity contribution in [3.8, 4) is 11.5 Å². The van der Waals surface area contributed by atoms with Gasteiger partial charge in [0.25, 0.3) is 0 Å². The number of hydrogen-bond donors (Lipinski definition) is 2. The van der Waals surface area contributed by atoms with Crippen molar-refractivity contribution in [1.29, 1.82) is 0 Å². The van der Waals surface area contributed by atoms with E-state index in [1.165, 1.54) is 6.33 Å². The number of carbonyl (C=O) groups excluding carboxylic acids is 1. The summed E-state index contributed by atoms with van der Waals surface area (Å²) >= 11 is 3.47. The minimum atomic E-state index is -0.351. The summed E-state index contributed by atoms with van der Waals surface area (Å²) in [6.45, 7) is 0.986. The van der Waals surface area contributed by atoms with E-state index in [2.05, 4.69) is 36.5 Å². The Balaban J connectivity index is 1.60. The average Bonchev–Trinajstić information content (AvgIpc) is 2.72. The van der Waals surface area contributed by atoms with Gasteiger partial charge in [-0.15, -0.1) is 0 Å². The Bertz CT molecular complexity index is 1050. The smallest absolute Gasteiger partial charge is 0.320 e. The Kier molecular flexibility index (Phi) is 5.77. The number of nitrogens with one attached hydrogen (secondary N) is 2. The van der Waals surface area contributed by atoms with Crippen LogP contribution in [0.15, 0.2) is 47.2 Å². The van der Waals surface area contributed by atoms with Gasteiger partial charge in [-0.2, -0.15) is 0 Å². The van der Waals surface area contributed by atoms with Crippen LogP contribution in [0.3, 0.4) is 0 Å². The van der Waals surface area contributed by atoms with Crippen LogP contribution < -0.4 is 20.1 Å². The quantitative estimate of drug-likeness (QED) is 0.544. The second kappa shape index (κ2) is 8.62. The first-order valence-corrected chi connectivity index (χ1v) is 9.80. The molecule has 1 saturated heterocycles. The minimum Gasteiger partial charge on any atom is -0.493 e. The Hall–Kier alpha value is -2.91. The largest absolute Gasteiger partial charge is 0.493 e. The summed E-state index contributed by atoms with van der Waals surface area (Å²) in [7, 11) is 1.57. The van der Waals surface area contributed by atoms with Crippen LogP contribution in [0, 0.1) is 0 Å². The van der Waals surface area contributed by atoms with Gasteiger partial charge in [-0.1, -0.05) is 22.0 Å². The lowest BCUT2D eigenvalue weighted by molar-refractivity contribution is -0.153. The van der Waals surface area contributed by atoms with Gasteiger partial charge in [-0.05, 0) is 24.3 Å². The van der Waals surface area contributed by atoms with Crippen LogP contribution in [-0.2, 0) is 9.53 Å². The number of esters is 1. The molecule has 0 saturated carbocycles. The number of anilines is 2. The van der Waals surface area contributed by atoms with E-state index in [4.69, 9.17) is 14.2 Å². The number of ether oxygens (including phenoxy) is 3. The van der Waals surface area contributed by atoms with Gasteiger partial charge in [0.05, 0.1) is 19.2 Å². The number of morpholine rings is 1. The third-order valence-electron chi connectivity index (χ3n) is 4.37. The van der Waals surface area contributed by atoms with Crippen molar-refractivity contribution >= 4 is 44.3 Å². The molecule has 4 rings (SSSR count). The van der Waals surface area contributed by atoms with Crippen LogP contribution in [0.4, 0.5) is 11.5 Å². The Morgan fingerprint density at radius 1 is 1.28 bits per heavy atom. The predicted molar refractivity (Wildman–Crippen MR) is 112 cm³/mol. The zero-order valence-electron chi connectivity index (χ0n) is 15.6. The minimum absolute atomic E-state index is 0.217. The monoisotopic (exact) mass is 458 g/mol. The number of methoxy groups -OCH3 is 1. The lowest BCUT2D eigenvalue weighted by Gasteiger charge is -2.23. The molecular weight excluding hydrogens is 440 g/mol. The summed E-state index contributed by atoms with van der Waals surface area (Å²) in [5.41, 5.74) is 1.59. The molecule has 1 fully saturated rings. The molecule has 29 heavy (non-hydrogen) atoms. The summed E-state index contributed by atoms with van der Waals surface area (Å²) in [6.07, 6.45) is 1.14. The third-order valence-corrected chi connectivity index (χ3v) is 4.87. The molecule has 1 atom stereocenters. The first-order valence-electron chi connectivity index (χ1n) is 9.00. The average molecular weight is 459 g/mol. The highest BCUT2D eigenvalue weighted by Gasteiger charge is 2.21. The molecule has 2 N–H and O–H groups in total. The summed E-state index contributed by atoms with van der Waals surface area (Å²) in [5, 5.41) is 7.09. The first-order chi connectivity index (χ1) is 14.1. The molecule has 1 aromatic heterocycles. The number of fused-ring (bicyclic) bond motifs is 1. The van der Waals surface area contributed by atoms with Gasteiger partial charge in [0.15, 0.2) is 11.5 Å². The van der Waals surface area contributed by atoms with Crippen molar-refractivity contribution in [2.75, 3.05) is 32.1 Å². The SMILES string of the molecule is COc1cc2c(Nc3cccc(Br)c3)ncnc2cc1OCC1CNCC(=O)O1. The number of rotatable bonds is 6. The van der Waals surface area contributed by atoms with E-state index in [0.717, 1.165) is 15.5 Å². The maximum Gasteiger partial charge on any atom is 0.320 e. The van der Waals surface area contributed by atoms with Crippen LogP contribution in [0.1, 0.15) is 0 Å². The van der Waals surface area contributed by atoms with Crippen LogP contribution in [0.25, 0.3) is 10.9 Å². The molecule has 1 aliphatic rings. The van der Waals surface area contributed by atoms with E-state index in [-0.39, 0.29) is 25.2 Å². The van der Waals surface area contributed by atoms with Crippen molar-refractivity contribution < 1.29 is 19.0 Å². The van der Waals surface area contributed by atoms with Gasteiger partial charge in [-0.25, -0.2) is 9.97 Å². The topological polar surface area (TPSA) is 94.6 Å². The van der Waals surface area contributed by atoms with Gasteiger partial charge in [0, 0.05) is 28.2 Å². The van der Waals surface area contributed by atoms with Gasteiger partial charge >= 0.3 is 5.97 Å². The fourth-order valence-corrected chi connectivity index (χ4v) is 3.42. The molecule has 2 aromatic carbocycles. The summed E-state index contributed by atoms with van der Waals surface area (Å²) in [5.74, 6) is 1.43. The summed E-state index contributed by atoms with van der Waals surface area (Å²) < 4.78 is 17.6. The molecule has 3 aromatic rings. The van der Waals surface area contributed by atoms with Crippen LogP contribution in [0.5, 0.6) is 11.5 Å². The molecule has 1 unspecified atom stereocenters. The van der Waals surface area contributed by atoms with Gasteiger partial charge in [0.2, 0.25) is 0 Å². The number of cyclic esters (lactones) is 1. The highest BCUT2D eigenvalue weighted by molar-refractivity contribution is 9.10. The highest BCUT2D eigenvalue weighted by atomic mass is 79.9. The Morgan fingerprint density at radius 2 is 2.17 bits per heavy atom. The number of nitrogens with zero attached hydrogens (tertiary/aromatic N) is 2. The number of aromatic nitrogens is 2. The van der Waals surface area contributed by atoms with E-state index in [1.807, 2.05) is 30.3 Å². The molecule has 2 heterocycles. The van der Waals surface area contributed by atoms with Gasteiger partial charge < -0.3 is 24.8 Å². The molecule has 0 aliphatic carbocycles. The number of halogens is 1. The van der Waals surface area contributed by atoms with Gasteiger partial charge in [0.1, 0.15) is 24.9 Å². The standard InChI is InChI=1S/C20H19BrN4O4/c1-27-17-6-15-16(7-18(17)28-10-14-8-22-9-19(26)29-14)23-11-24-20(15)25-13-4-2-3-12(21)5-13/h2-7,11,14,22H,8-10H2,1H3,(H,23,24,25). The van der Waals surface area contributed by atoms with Crippen molar-refractivity contribution in [2.24, 2.45) is 0 Å². The van der Waals surface area contributed by atoms with E-state index < -0.39 is 0 Å². The van der Waals surface area contributed by atoms with E-state index in [0.29, 0.717) is 29.4 Å². The maximum atomic E-state index is 11.4. The number of hydrogen-bond acceptors (Lipinski definition) is 8. The first kappa shape index (κ1) is 19.4. The molecule has 9 heteroatoms. The van der Waals surface area contributed by atoms with E-state index in [9.17, 15) is 4.79 Å². The molecule has 150 valence electrons. The molecule has 0 radical (unpaired) electrons. The van der Waals surface area contributed by atoms with E-state index >= 15 is 0 Å². The highest BCUT2D eigenvalue weighted by Crippen LogP contribution is 2.35. The zero-order valence-corrected chi connectivity index (χ0v) is 17.2. The molecular formula is C20H19BrN4O4. The summed E-state index contributed by atoms with van der Waals surface area (Å²) in [6, 6.07) is 11.4. The van der Waals surface area contributed by atoms with Crippen molar-refractivity contribution in [2.45, 2.75) is 6.10 Å². The summed E-state index contributed by atoms with van der Waals surface area (Å²) in [4.78, 5) is 20.1. The second-order valence-corrected chi connectivity index (χ2v) is 7.35. The van der Waals surface area contributed by atoms with Gasteiger partial charge in [-0.3, -0.25) is 4.79 Å². The fraction of sp³-hybridized carbons (Fsp3) is 0.250. The van der Waals surface area contributed by atoms with Crippen LogP contribution >= 0.6 is 15.9 Å². The molecule has 0 spiro atoms. The molecule has 1 aliphatic heterocycles. The van der Waals surface area contributed by atoms with Crippen molar-refractivity contribution in [3.05, 3.63) is 47.2 Å². The number of carbonyl (C=O) groups is 1.